The predicted octanol–water partition coefficient (Wildman–Crippen LogP) is 2.38. The summed E-state index contributed by atoms with van der Waals surface area (Å²) in [4.78, 5) is 4.00. The minimum absolute atomic E-state index is 0.814. The van der Waals surface area contributed by atoms with Crippen molar-refractivity contribution in [1.29, 1.82) is 0 Å². The van der Waals surface area contributed by atoms with E-state index >= 15 is 0 Å². The molecule has 0 unspecified atom stereocenters. The number of aromatic nitrogens is 1. The van der Waals surface area contributed by atoms with Gasteiger partial charge in [-0.05, 0) is 42.3 Å². The smallest absolute Gasteiger partial charge is 0.0855 e. The van der Waals surface area contributed by atoms with Crippen molar-refractivity contribution in [3.63, 3.8) is 0 Å². The molecule has 12 heavy (non-hydrogen) atoms. The first-order valence-corrected chi connectivity index (χ1v) is 4.55. The van der Waals surface area contributed by atoms with E-state index in [0.717, 1.165) is 15.6 Å². The van der Waals surface area contributed by atoms with E-state index in [9.17, 15) is 5.11 Å². The van der Waals surface area contributed by atoms with Gasteiger partial charge in [0.05, 0.1) is 5.60 Å². The highest BCUT2D eigenvalue weighted by molar-refractivity contribution is 9.10. The number of nitrogens with zero attached hydrogens (tertiary/aromatic N) is 1. The van der Waals surface area contributed by atoms with Gasteiger partial charge in [0, 0.05) is 22.4 Å². The van der Waals surface area contributed by atoms with Gasteiger partial charge < -0.3 is 5.11 Å². The number of hydrogen-bond acceptors (Lipinski definition) is 2. The molecular weight excluding hydrogens is 218 g/mol. The van der Waals surface area contributed by atoms with Gasteiger partial charge in [-0.25, -0.2) is 0 Å². The molecule has 2 nitrogen and oxygen atoms in total. The largest absolute Gasteiger partial charge is 0.386 e. The van der Waals surface area contributed by atoms with Crippen LogP contribution in [0.4, 0.5) is 0 Å². The maximum Gasteiger partial charge on any atom is 0.0855 e. The Bertz CT molecular complexity index is 271. The van der Waals surface area contributed by atoms with Crippen LogP contribution in [0.3, 0.4) is 0 Å². The molecule has 1 rings (SSSR count). The number of rotatable bonds is 1. The summed E-state index contributed by atoms with van der Waals surface area (Å²) in [6, 6.07) is 0. The molecule has 0 saturated heterocycles. The van der Waals surface area contributed by atoms with Crippen LogP contribution in [0, 0.1) is 6.92 Å². The standard InChI is InChI=1S/C9H12BrNO/c1-6-4-11-5-7(10)8(6)9(2,3)12/h4-5,12H,1-3H3. The van der Waals surface area contributed by atoms with Crippen LogP contribution >= 0.6 is 15.9 Å². The summed E-state index contributed by atoms with van der Waals surface area (Å²) in [6.07, 6.45) is 3.44. The second-order valence-electron chi connectivity index (χ2n) is 3.37. The molecule has 0 spiro atoms. The minimum Gasteiger partial charge on any atom is -0.386 e. The van der Waals surface area contributed by atoms with E-state index in [1.165, 1.54) is 0 Å². The molecule has 0 atom stereocenters. The van der Waals surface area contributed by atoms with Gasteiger partial charge in [0.15, 0.2) is 0 Å². The summed E-state index contributed by atoms with van der Waals surface area (Å²) in [6.45, 7) is 5.46. The molecule has 0 radical (unpaired) electrons. The molecular formula is C9H12BrNO. The maximum absolute atomic E-state index is 9.79. The van der Waals surface area contributed by atoms with Crippen molar-refractivity contribution in [2.75, 3.05) is 0 Å². The van der Waals surface area contributed by atoms with Gasteiger partial charge >= 0.3 is 0 Å². The van der Waals surface area contributed by atoms with E-state index in [4.69, 9.17) is 0 Å². The fourth-order valence-corrected chi connectivity index (χ4v) is 2.22. The summed E-state index contributed by atoms with van der Waals surface area (Å²) in [5.41, 5.74) is 1.08. The Morgan fingerprint density at radius 2 is 2.00 bits per heavy atom. The number of aliphatic hydroxyl groups is 1. The summed E-state index contributed by atoms with van der Waals surface area (Å²) in [5, 5.41) is 9.79. The highest BCUT2D eigenvalue weighted by atomic mass is 79.9. The molecule has 0 aromatic carbocycles. The molecule has 0 aliphatic heterocycles. The van der Waals surface area contributed by atoms with Crippen molar-refractivity contribution in [3.8, 4) is 0 Å². The zero-order chi connectivity index (χ0) is 9.35. The van der Waals surface area contributed by atoms with E-state index in [0.29, 0.717) is 0 Å². The Balaban J connectivity index is 3.31. The SMILES string of the molecule is Cc1cncc(Br)c1C(C)(C)O. The second kappa shape index (κ2) is 3.15. The van der Waals surface area contributed by atoms with Gasteiger partial charge in [-0.1, -0.05) is 0 Å². The molecule has 1 aromatic rings. The third-order valence-electron chi connectivity index (χ3n) is 1.70. The first kappa shape index (κ1) is 9.68. The van der Waals surface area contributed by atoms with Gasteiger partial charge in [0.25, 0.3) is 0 Å². The lowest BCUT2D eigenvalue weighted by molar-refractivity contribution is 0.0770. The molecule has 1 N–H and O–H groups in total. The van der Waals surface area contributed by atoms with E-state index < -0.39 is 5.60 Å². The molecule has 0 amide bonds. The minimum atomic E-state index is -0.814. The van der Waals surface area contributed by atoms with Gasteiger partial charge in [0.2, 0.25) is 0 Å². The molecule has 1 heterocycles. The van der Waals surface area contributed by atoms with Crippen molar-refractivity contribution in [3.05, 3.63) is 28.0 Å². The van der Waals surface area contributed by atoms with Crippen LogP contribution in [-0.2, 0) is 5.60 Å². The number of halogens is 1. The topological polar surface area (TPSA) is 33.1 Å². The average molecular weight is 230 g/mol. The van der Waals surface area contributed by atoms with Crippen molar-refractivity contribution in [2.45, 2.75) is 26.4 Å². The Hall–Kier alpha value is -0.410. The Kier molecular flexibility index (Phi) is 2.54. The molecule has 66 valence electrons. The molecule has 0 fully saturated rings. The maximum atomic E-state index is 9.79. The summed E-state index contributed by atoms with van der Waals surface area (Å²) in [7, 11) is 0. The molecule has 3 heteroatoms. The molecule has 1 aromatic heterocycles. The first-order chi connectivity index (χ1) is 5.43. The molecule has 0 bridgehead atoms. The van der Waals surface area contributed by atoms with Crippen molar-refractivity contribution >= 4 is 15.9 Å². The third-order valence-corrected chi connectivity index (χ3v) is 2.30. The highest BCUT2D eigenvalue weighted by Crippen LogP contribution is 2.29. The van der Waals surface area contributed by atoms with E-state index in [-0.39, 0.29) is 0 Å². The number of pyridine rings is 1. The van der Waals surface area contributed by atoms with Crippen LogP contribution in [0.1, 0.15) is 25.0 Å². The monoisotopic (exact) mass is 229 g/mol. The van der Waals surface area contributed by atoms with Gasteiger partial charge in [-0.2, -0.15) is 0 Å². The highest BCUT2D eigenvalue weighted by Gasteiger charge is 2.21. The van der Waals surface area contributed by atoms with E-state index in [2.05, 4.69) is 20.9 Å². The molecule has 0 aliphatic carbocycles. The fourth-order valence-electron chi connectivity index (χ4n) is 1.31. The van der Waals surface area contributed by atoms with Crippen molar-refractivity contribution in [2.24, 2.45) is 0 Å². The summed E-state index contributed by atoms with van der Waals surface area (Å²) in [5.74, 6) is 0. The van der Waals surface area contributed by atoms with Gasteiger partial charge in [-0.15, -0.1) is 0 Å². The predicted molar refractivity (Wildman–Crippen MR) is 51.9 cm³/mol. The van der Waals surface area contributed by atoms with Crippen molar-refractivity contribution < 1.29 is 5.11 Å². The third kappa shape index (κ3) is 1.84. The van der Waals surface area contributed by atoms with Crippen LogP contribution in [0.5, 0.6) is 0 Å². The fraction of sp³-hybridized carbons (Fsp3) is 0.444. The number of hydrogen-bond donors (Lipinski definition) is 1. The second-order valence-corrected chi connectivity index (χ2v) is 4.23. The molecule has 0 aliphatic rings. The lowest BCUT2D eigenvalue weighted by atomic mass is 9.96. The number of aryl methyl sites for hydroxylation is 1. The van der Waals surface area contributed by atoms with Gasteiger partial charge in [0.1, 0.15) is 0 Å². The van der Waals surface area contributed by atoms with E-state index in [1.807, 2.05) is 6.92 Å². The quantitative estimate of drug-likeness (QED) is 0.803. The van der Waals surface area contributed by atoms with E-state index in [1.54, 1.807) is 26.2 Å². The van der Waals surface area contributed by atoms with Crippen LogP contribution in [0.2, 0.25) is 0 Å². The summed E-state index contributed by atoms with van der Waals surface area (Å²) < 4.78 is 0.856. The lowest BCUT2D eigenvalue weighted by Crippen LogP contribution is -2.18. The zero-order valence-electron chi connectivity index (χ0n) is 7.43. The van der Waals surface area contributed by atoms with Gasteiger partial charge in [-0.3, -0.25) is 4.98 Å². The normalized spacial score (nSPS) is 11.8. The van der Waals surface area contributed by atoms with Crippen LogP contribution < -0.4 is 0 Å². The Labute approximate surface area is 80.8 Å². The van der Waals surface area contributed by atoms with Crippen LogP contribution in [-0.4, -0.2) is 10.1 Å². The zero-order valence-corrected chi connectivity index (χ0v) is 9.01. The van der Waals surface area contributed by atoms with Crippen LogP contribution in [0.15, 0.2) is 16.9 Å². The molecule has 0 saturated carbocycles. The first-order valence-electron chi connectivity index (χ1n) is 3.76. The lowest BCUT2D eigenvalue weighted by Gasteiger charge is -2.21. The van der Waals surface area contributed by atoms with Crippen LogP contribution in [0.25, 0.3) is 0 Å². The average Bonchev–Trinajstić information content (AvgIpc) is 1.82. The Morgan fingerprint density at radius 1 is 1.42 bits per heavy atom. The van der Waals surface area contributed by atoms with Crippen molar-refractivity contribution in [1.82, 2.24) is 4.98 Å². The summed E-state index contributed by atoms with van der Waals surface area (Å²) >= 11 is 3.36. The Morgan fingerprint density at radius 3 is 2.33 bits per heavy atom.